The zero-order chi connectivity index (χ0) is 17.2. The van der Waals surface area contributed by atoms with E-state index in [9.17, 15) is 8.42 Å². The number of ether oxygens (including phenoxy) is 1. The number of pyridine rings is 1. The quantitative estimate of drug-likeness (QED) is 0.760. The van der Waals surface area contributed by atoms with Crippen LogP contribution >= 0.6 is 0 Å². The highest BCUT2D eigenvalue weighted by Crippen LogP contribution is 2.21. The normalized spacial score (nSPS) is 11.2. The van der Waals surface area contributed by atoms with Crippen molar-refractivity contribution in [3.05, 3.63) is 54.4 Å². The summed E-state index contributed by atoms with van der Waals surface area (Å²) in [6.45, 7) is 1.99. The average molecular weight is 345 g/mol. The van der Waals surface area contributed by atoms with E-state index in [1.165, 1.54) is 24.1 Å². The molecule has 0 unspecified atom stereocenters. The molecule has 0 aliphatic heterocycles. The van der Waals surface area contributed by atoms with Crippen molar-refractivity contribution in [2.45, 2.75) is 11.9 Å². The Balaban J connectivity index is 1.73. The van der Waals surface area contributed by atoms with Crippen molar-refractivity contribution in [3.8, 4) is 11.6 Å². The minimum atomic E-state index is -3.77. The lowest BCUT2D eigenvalue weighted by atomic mass is 10.2. The fourth-order valence-electron chi connectivity index (χ4n) is 1.96. The molecule has 0 saturated carbocycles. The van der Waals surface area contributed by atoms with Crippen LogP contribution < -0.4 is 9.46 Å². The summed E-state index contributed by atoms with van der Waals surface area (Å²) in [4.78, 5) is 4.10. The molecule has 2 heterocycles. The number of hydrogen-bond acceptors (Lipinski definition) is 6. The largest absolute Gasteiger partial charge is 0.439 e. The maximum absolute atomic E-state index is 12.2. The summed E-state index contributed by atoms with van der Waals surface area (Å²) < 4.78 is 33.6. The van der Waals surface area contributed by atoms with Crippen molar-refractivity contribution in [3.63, 3.8) is 0 Å². The first-order valence-corrected chi connectivity index (χ1v) is 8.50. The maximum atomic E-state index is 12.2. The van der Waals surface area contributed by atoms with E-state index in [0.29, 0.717) is 17.3 Å². The van der Waals surface area contributed by atoms with Gasteiger partial charge < -0.3 is 4.74 Å². The van der Waals surface area contributed by atoms with Crippen molar-refractivity contribution < 1.29 is 13.2 Å². The topological polar surface area (TPSA) is 99.0 Å². The van der Waals surface area contributed by atoms with Crippen LogP contribution in [-0.2, 0) is 17.1 Å². The van der Waals surface area contributed by atoms with Crippen LogP contribution in [-0.4, -0.2) is 28.4 Å². The number of benzene rings is 1. The van der Waals surface area contributed by atoms with Gasteiger partial charge in [0, 0.05) is 13.1 Å². The van der Waals surface area contributed by atoms with Gasteiger partial charge in [0.15, 0.2) is 5.03 Å². The molecule has 2 aromatic heterocycles. The molecule has 9 heteroatoms. The molecule has 0 fully saturated rings. The van der Waals surface area contributed by atoms with Gasteiger partial charge in [-0.15, -0.1) is 5.10 Å². The molecule has 1 aromatic carbocycles. The summed E-state index contributed by atoms with van der Waals surface area (Å²) in [5.74, 6) is 1.02. The number of aryl methyl sites for hydroxylation is 2. The van der Waals surface area contributed by atoms with Crippen molar-refractivity contribution in [1.29, 1.82) is 0 Å². The van der Waals surface area contributed by atoms with Gasteiger partial charge in [-0.1, -0.05) is 22.9 Å². The van der Waals surface area contributed by atoms with Gasteiger partial charge in [0.05, 0.1) is 18.1 Å². The highest BCUT2D eigenvalue weighted by molar-refractivity contribution is 7.92. The molecule has 0 atom stereocenters. The highest BCUT2D eigenvalue weighted by atomic mass is 32.2. The second kappa shape index (κ2) is 6.28. The third-order valence-electron chi connectivity index (χ3n) is 3.18. The third kappa shape index (κ3) is 3.51. The molecule has 0 amide bonds. The van der Waals surface area contributed by atoms with E-state index in [1.807, 2.05) is 31.2 Å². The lowest BCUT2D eigenvalue weighted by molar-refractivity contribution is 0.463. The van der Waals surface area contributed by atoms with Crippen molar-refractivity contribution >= 4 is 15.7 Å². The van der Waals surface area contributed by atoms with Crippen molar-refractivity contribution in [2.24, 2.45) is 7.05 Å². The van der Waals surface area contributed by atoms with Crippen LogP contribution in [0.2, 0.25) is 0 Å². The van der Waals surface area contributed by atoms with E-state index in [-0.39, 0.29) is 5.03 Å². The Kier molecular flexibility index (Phi) is 4.17. The van der Waals surface area contributed by atoms with Crippen LogP contribution in [0.15, 0.2) is 53.8 Å². The van der Waals surface area contributed by atoms with E-state index in [0.717, 1.165) is 5.56 Å². The third-order valence-corrected chi connectivity index (χ3v) is 4.60. The number of aromatic nitrogens is 4. The number of rotatable bonds is 5. The van der Waals surface area contributed by atoms with Crippen LogP contribution in [0, 0.1) is 6.92 Å². The van der Waals surface area contributed by atoms with E-state index in [4.69, 9.17) is 4.74 Å². The minimum absolute atomic E-state index is 0.0394. The first-order valence-electron chi connectivity index (χ1n) is 7.02. The second-order valence-corrected chi connectivity index (χ2v) is 6.73. The lowest BCUT2D eigenvalue weighted by Crippen LogP contribution is -2.16. The monoisotopic (exact) mass is 345 g/mol. The zero-order valence-corrected chi connectivity index (χ0v) is 13.9. The smallest absolute Gasteiger partial charge is 0.280 e. The molecule has 24 heavy (non-hydrogen) atoms. The van der Waals surface area contributed by atoms with Crippen molar-refractivity contribution in [2.75, 3.05) is 4.72 Å². The van der Waals surface area contributed by atoms with Gasteiger partial charge in [-0.3, -0.25) is 4.72 Å². The molecule has 0 radical (unpaired) electrons. The number of sulfonamides is 1. The number of anilines is 1. The SMILES string of the molecule is Cc1ccc(Oc2ccc(NS(=O)(=O)c3cnnn3C)cn2)cc1. The first-order chi connectivity index (χ1) is 11.4. The average Bonchev–Trinajstić information content (AvgIpc) is 2.98. The molecule has 0 aliphatic rings. The lowest BCUT2D eigenvalue weighted by Gasteiger charge is -2.08. The predicted molar refractivity (Wildman–Crippen MR) is 87.3 cm³/mol. The number of nitrogens with zero attached hydrogens (tertiary/aromatic N) is 4. The molecule has 8 nitrogen and oxygen atoms in total. The second-order valence-electron chi connectivity index (χ2n) is 5.10. The summed E-state index contributed by atoms with van der Waals surface area (Å²) in [5, 5.41) is 7.12. The molecular weight excluding hydrogens is 330 g/mol. The standard InChI is InChI=1S/C15H15N5O3S/c1-11-3-6-13(7-4-11)23-14-8-5-12(9-16-14)18-24(21,22)15-10-17-19-20(15)2/h3-10,18H,1-2H3. The maximum Gasteiger partial charge on any atom is 0.280 e. The fourth-order valence-corrected chi connectivity index (χ4v) is 3.07. The van der Waals surface area contributed by atoms with Gasteiger partial charge in [0.2, 0.25) is 5.88 Å². The van der Waals surface area contributed by atoms with Gasteiger partial charge in [-0.05, 0) is 25.1 Å². The van der Waals surface area contributed by atoms with Crippen LogP contribution in [0.1, 0.15) is 5.56 Å². The van der Waals surface area contributed by atoms with Crippen LogP contribution in [0.25, 0.3) is 0 Å². The summed E-state index contributed by atoms with van der Waals surface area (Å²) in [7, 11) is -2.27. The fraction of sp³-hybridized carbons (Fsp3) is 0.133. The van der Waals surface area contributed by atoms with E-state index in [2.05, 4.69) is 20.0 Å². The number of hydrogen-bond donors (Lipinski definition) is 1. The molecule has 0 bridgehead atoms. The Morgan fingerprint density at radius 2 is 1.83 bits per heavy atom. The molecule has 3 rings (SSSR count). The molecular formula is C15H15N5O3S. The minimum Gasteiger partial charge on any atom is -0.439 e. The van der Waals surface area contributed by atoms with Gasteiger partial charge in [-0.2, -0.15) is 8.42 Å². The molecule has 0 spiro atoms. The van der Waals surface area contributed by atoms with Gasteiger partial charge in [0.1, 0.15) is 5.75 Å². The zero-order valence-electron chi connectivity index (χ0n) is 13.0. The Hall–Kier alpha value is -2.94. The summed E-state index contributed by atoms with van der Waals surface area (Å²) >= 11 is 0. The Morgan fingerprint density at radius 3 is 2.42 bits per heavy atom. The van der Waals surface area contributed by atoms with E-state index in [1.54, 1.807) is 12.1 Å². The van der Waals surface area contributed by atoms with Crippen molar-refractivity contribution in [1.82, 2.24) is 20.0 Å². The molecule has 0 saturated heterocycles. The highest BCUT2D eigenvalue weighted by Gasteiger charge is 2.19. The van der Waals surface area contributed by atoms with Crippen LogP contribution in [0.5, 0.6) is 11.6 Å². The van der Waals surface area contributed by atoms with Gasteiger partial charge in [0.25, 0.3) is 10.0 Å². The molecule has 1 N–H and O–H groups in total. The van der Waals surface area contributed by atoms with E-state index < -0.39 is 10.0 Å². The summed E-state index contributed by atoms with van der Waals surface area (Å²) in [5.41, 5.74) is 1.44. The number of nitrogens with one attached hydrogen (secondary N) is 1. The van der Waals surface area contributed by atoms with Gasteiger partial charge >= 0.3 is 0 Å². The summed E-state index contributed by atoms with van der Waals surface area (Å²) in [6.07, 6.45) is 2.55. The molecule has 124 valence electrons. The molecule has 3 aromatic rings. The predicted octanol–water partition coefficient (Wildman–Crippen LogP) is 2.11. The first kappa shape index (κ1) is 15.9. The van der Waals surface area contributed by atoms with Crippen LogP contribution in [0.4, 0.5) is 5.69 Å². The Morgan fingerprint density at radius 1 is 1.08 bits per heavy atom. The summed E-state index contributed by atoms with van der Waals surface area (Å²) in [6, 6.07) is 10.7. The molecule has 0 aliphatic carbocycles. The Bertz CT molecular complexity index is 934. The van der Waals surface area contributed by atoms with E-state index >= 15 is 0 Å². The van der Waals surface area contributed by atoms with Gasteiger partial charge in [-0.25, -0.2) is 9.67 Å². The van der Waals surface area contributed by atoms with Crippen LogP contribution in [0.3, 0.4) is 0 Å². The Labute approximate surface area is 139 Å².